The Kier molecular flexibility index (Phi) is 34.5. The van der Waals surface area contributed by atoms with Gasteiger partial charge < -0.3 is 246 Å². The van der Waals surface area contributed by atoms with E-state index in [4.69, 9.17) is 111 Å². The Morgan fingerprint density at radius 1 is 0.420 bits per heavy atom. The van der Waals surface area contributed by atoms with Gasteiger partial charge in [-0.2, -0.15) is 0 Å². The quantitative estimate of drug-likeness (QED) is 0.0262. The van der Waals surface area contributed by atoms with Crippen LogP contribution in [0, 0.1) is 0 Å². The summed E-state index contributed by atoms with van der Waals surface area (Å²) in [6.07, 6.45) is -99.1. The van der Waals surface area contributed by atoms with Crippen LogP contribution in [0.25, 0.3) is 0 Å². The number of hydrogen-bond acceptors (Lipinski definition) is 53. The molecular formula is C57H100N3O56P3. The highest BCUT2D eigenvalue weighted by Gasteiger charge is 2.64. The molecule has 0 aromatic heterocycles. The molecule has 0 aromatic carbocycles. The highest BCUT2D eigenvalue weighted by molar-refractivity contribution is 7.47. The van der Waals surface area contributed by atoms with Crippen molar-refractivity contribution in [3.8, 4) is 0 Å². The standard InChI is InChI=1S/C57H100N3O56P3/c58-2-11(65)40-42(13(112-118(93,94)115-53-35(80)31(76)32(77)45(109-53)47(85)86)1-56(111-40,55(88)89)99-9-19-41(113-117(90,91)92)28(73)21(60)49(105-19)97-6-16-22(67)27(72)20(59)48(87)101-16)107-52-38(83)44(36(81)39(106-52)12(66)3-61)114-119(95,96)116-54-37(82)43(25(70)14(4-62)102-54)108-51-34(79)30(75)23(68)17(104-51)7-98-50-33(78)29(74)24(69)18(103-50)8-100-57(10-64)46(84)26(71)15(5-63)110-57/h11-46,48-54,61-84,87H,1-10,58-60H2,(H,85,86)(H,88,89)(H,93,94)(H,95,96)(H2,90,91,92)/t11-,12-,13-,14-,15-,16-,17-,18-,19-,20-,21-,22-,23+,24+,25+,26-,27-,28-,29+,30+,31+,32-,33-,34-,35-,36-,37-,38+,39-,40-,41-,42-,43+,44+,45+,46+,48+,49-,50+,51-,52-,53-,54-,56-,57-/m1/s1. The molecular weight excluding hydrogens is 1720 g/mol. The van der Waals surface area contributed by atoms with Crippen LogP contribution in [0.1, 0.15) is 6.42 Å². The average Bonchev–Trinajstić information content (AvgIpc) is 1.51. The van der Waals surface area contributed by atoms with Gasteiger partial charge in [0.25, 0.3) is 5.79 Å². The summed E-state index contributed by atoms with van der Waals surface area (Å²) in [6, 6.07) is -3.56. The molecule has 62 heteroatoms. The maximum atomic E-state index is 14.4. The van der Waals surface area contributed by atoms with Gasteiger partial charge in [-0.15, -0.1) is 0 Å². The normalized spacial score (nSPS) is 48.6. The van der Waals surface area contributed by atoms with E-state index in [2.05, 4.69) is 0 Å². The molecule has 9 heterocycles. The summed E-state index contributed by atoms with van der Waals surface area (Å²) < 4.78 is 149. The maximum Gasteiger partial charge on any atom is 0.475 e. The number of nitrogens with two attached hydrogens (primary N) is 3. The van der Waals surface area contributed by atoms with Crippen molar-refractivity contribution in [1.82, 2.24) is 0 Å². The van der Waals surface area contributed by atoms with Crippen molar-refractivity contribution in [1.29, 1.82) is 0 Å². The summed E-state index contributed by atoms with van der Waals surface area (Å²) in [4.78, 5) is 68.8. The number of aliphatic carboxylic acids is 2. The van der Waals surface area contributed by atoms with E-state index in [9.17, 15) is 181 Å². The third-order valence-corrected chi connectivity index (χ3v) is 23.1. The molecule has 2 unspecified atom stereocenters. The first-order valence-electron chi connectivity index (χ1n) is 35.8. The predicted molar refractivity (Wildman–Crippen MR) is 353 cm³/mol. The van der Waals surface area contributed by atoms with Gasteiger partial charge in [-0.05, 0) is 0 Å². The second kappa shape index (κ2) is 40.9. The third-order valence-electron chi connectivity index (χ3n) is 20.6. The van der Waals surface area contributed by atoms with Crippen molar-refractivity contribution < 1.29 is 274 Å². The molecule has 0 amide bonds. The van der Waals surface area contributed by atoms with Gasteiger partial charge in [-0.1, -0.05) is 0 Å². The Hall–Kier alpha value is -2.45. The van der Waals surface area contributed by atoms with Gasteiger partial charge in [-0.25, -0.2) is 23.3 Å². The smallest absolute Gasteiger partial charge is 0.475 e. The molecule has 694 valence electrons. The van der Waals surface area contributed by atoms with E-state index in [0.717, 1.165) is 0 Å². The highest BCUT2D eigenvalue weighted by Crippen LogP contribution is 2.54. The van der Waals surface area contributed by atoms with Crippen LogP contribution in [0.15, 0.2) is 0 Å². The Balaban J connectivity index is 0.962. The predicted octanol–water partition coefficient (Wildman–Crippen LogP) is -21.1. The number of phosphoric ester groups is 3. The van der Waals surface area contributed by atoms with Crippen LogP contribution in [-0.4, -0.2) is 504 Å². The summed E-state index contributed by atoms with van der Waals surface area (Å²) in [6.45, 7) is -10.6. The van der Waals surface area contributed by atoms with Crippen LogP contribution < -0.4 is 17.2 Å². The largest absolute Gasteiger partial charge is 0.479 e. The fourth-order valence-corrected chi connectivity index (χ4v) is 16.6. The van der Waals surface area contributed by atoms with E-state index in [1.54, 1.807) is 0 Å². The van der Waals surface area contributed by atoms with Crippen molar-refractivity contribution in [2.24, 2.45) is 17.2 Å². The van der Waals surface area contributed by atoms with E-state index in [0.29, 0.717) is 0 Å². The fraction of sp³-hybridized carbons (Fsp3) is 0.965. The number of hydrogen-bond donors (Lipinski definition) is 34. The van der Waals surface area contributed by atoms with Gasteiger partial charge in [-0.3, -0.25) is 22.6 Å². The number of phosphoric acid groups is 3. The molecule has 9 aliphatic heterocycles. The Labute approximate surface area is 666 Å². The molecule has 9 saturated heterocycles. The number of carbonyl (C=O) groups is 2. The van der Waals surface area contributed by atoms with Gasteiger partial charge in [0.1, 0.15) is 202 Å². The fourth-order valence-electron chi connectivity index (χ4n) is 13.9. The van der Waals surface area contributed by atoms with Gasteiger partial charge in [0.15, 0.2) is 50.1 Å². The lowest BCUT2D eigenvalue weighted by Crippen LogP contribution is -2.68. The Morgan fingerprint density at radius 2 is 0.916 bits per heavy atom. The number of aliphatic hydroxyl groups excluding tert-OH is 25. The lowest BCUT2D eigenvalue weighted by molar-refractivity contribution is -0.372. The average molecular weight is 1820 g/mol. The van der Waals surface area contributed by atoms with Crippen molar-refractivity contribution in [3.63, 3.8) is 0 Å². The van der Waals surface area contributed by atoms with Gasteiger partial charge in [0.05, 0.1) is 64.4 Å². The molecule has 9 rings (SSSR count). The van der Waals surface area contributed by atoms with Crippen molar-refractivity contribution in [3.05, 3.63) is 0 Å². The molecule has 37 N–H and O–H groups in total. The second-order valence-corrected chi connectivity index (χ2v) is 32.6. The SMILES string of the molecule is NC[C@@H](O)[C@H]1O[C@@](OC[C@H]2O[C@@H](OC[C@H]3O[C@H](O)[C@H](N)[C@@H](O)[C@@H]3O)[C@H](N)[C@@H](O)[C@@H]2OP(=O)(O)O)(C(=O)O)C[C@@H](OP(=O)(O)O[C@H]2O[C@H](C(=O)O)[C@H](O)[C@H](O)[C@H]2O)[C@H]1O[C@H]1O[C@H]([C@H](O)CO)[C@@H](O)[C@H](OP(=O)(O)O[C@H]2O[C@H](CO)[C@H](O)[C@H](O[C@H]3O[C@H](CO[C@H]4O[C@H](CO[C@]5(CO)O[C@H](CO)[C@@H](O)[C@@H]5O)[C@H](O)[C@H](O)[C@H]4O)[C@H](O)[C@H](O)[C@H]3O)[C@H]2O)[C@@H]1O. The molecule has 47 atom stereocenters. The second-order valence-electron chi connectivity index (χ2n) is 28.7. The molecule has 9 fully saturated rings. The van der Waals surface area contributed by atoms with Crippen molar-refractivity contribution >= 4 is 35.4 Å². The minimum Gasteiger partial charge on any atom is -0.479 e. The minimum atomic E-state index is -6.46. The van der Waals surface area contributed by atoms with Crippen LogP contribution in [0.5, 0.6) is 0 Å². The van der Waals surface area contributed by atoms with Gasteiger partial charge >= 0.3 is 35.4 Å². The number of carboxylic acid groups (broad SMARTS) is 2. The van der Waals surface area contributed by atoms with Crippen molar-refractivity contribution in [2.45, 2.75) is 282 Å². The van der Waals surface area contributed by atoms with E-state index in [1.807, 2.05) is 0 Å². The zero-order valence-corrected chi connectivity index (χ0v) is 63.7. The van der Waals surface area contributed by atoms with Gasteiger partial charge in [0.2, 0.25) is 5.79 Å². The number of aliphatic hydroxyl groups is 25. The Bertz CT molecular complexity index is 3420. The molecule has 0 radical (unpaired) electrons. The van der Waals surface area contributed by atoms with Crippen LogP contribution in [0.2, 0.25) is 0 Å². The van der Waals surface area contributed by atoms with Crippen LogP contribution in [0.4, 0.5) is 0 Å². The molecule has 119 heavy (non-hydrogen) atoms. The molecule has 0 saturated carbocycles. The monoisotopic (exact) mass is 1820 g/mol. The van der Waals surface area contributed by atoms with E-state index < -0.39 is 376 Å². The lowest BCUT2D eigenvalue weighted by Gasteiger charge is -2.50. The van der Waals surface area contributed by atoms with Crippen molar-refractivity contribution in [2.75, 3.05) is 59.4 Å². The Morgan fingerprint density at radius 3 is 1.48 bits per heavy atom. The van der Waals surface area contributed by atoms with Crippen LogP contribution in [-0.2, 0) is 117 Å². The van der Waals surface area contributed by atoms with Crippen LogP contribution >= 0.6 is 23.5 Å². The summed E-state index contributed by atoms with van der Waals surface area (Å²) in [7, 11) is -18.7. The first kappa shape index (κ1) is 100. The zero-order valence-electron chi connectivity index (χ0n) is 61.0. The van der Waals surface area contributed by atoms with Gasteiger partial charge in [0, 0.05) is 13.0 Å². The molecule has 0 aromatic rings. The van der Waals surface area contributed by atoms with E-state index >= 15 is 0 Å². The van der Waals surface area contributed by atoms with E-state index in [-0.39, 0.29) is 0 Å². The molecule has 0 spiro atoms. The first-order chi connectivity index (χ1) is 55.5. The molecule has 0 bridgehead atoms. The maximum absolute atomic E-state index is 14.4. The summed E-state index contributed by atoms with van der Waals surface area (Å²) in [5.41, 5.74) is 17.6. The zero-order chi connectivity index (χ0) is 88.7. The molecule has 0 aliphatic carbocycles. The molecule has 9 aliphatic rings. The third kappa shape index (κ3) is 22.3. The van der Waals surface area contributed by atoms with Crippen LogP contribution in [0.3, 0.4) is 0 Å². The lowest BCUT2D eigenvalue weighted by atomic mass is 9.91. The summed E-state index contributed by atoms with van der Waals surface area (Å²) in [5, 5.41) is 291. The van der Waals surface area contributed by atoms with E-state index in [1.165, 1.54) is 0 Å². The molecule has 59 nitrogen and oxygen atoms in total. The highest BCUT2D eigenvalue weighted by atomic mass is 31.2. The number of rotatable bonds is 35. The number of ether oxygens (including phenoxy) is 15. The summed E-state index contributed by atoms with van der Waals surface area (Å²) in [5.74, 6) is -10.7. The first-order valence-corrected chi connectivity index (χ1v) is 40.3. The number of carboxylic acids is 2. The topological polar surface area (TPSA) is 975 Å². The minimum absolute atomic E-state index is 0.877. The summed E-state index contributed by atoms with van der Waals surface area (Å²) >= 11 is 0.